The van der Waals surface area contributed by atoms with E-state index in [2.05, 4.69) is 23.3 Å². The molecule has 0 saturated carbocycles. The van der Waals surface area contributed by atoms with E-state index in [1.54, 1.807) is 6.20 Å². The molecule has 1 saturated heterocycles. The van der Waals surface area contributed by atoms with Crippen LogP contribution in [-0.4, -0.2) is 28.1 Å². The predicted octanol–water partition coefficient (Wildman–Crippen LogP) is 2.80. The Balaban J connectivity index is 1.91. The molecule has 1 aliphatic heterocycles. The third-order valence-corrected chi connectivity index (χ3v) is 4.27. The number of pyridine rings is 1. The summed E-state index contributed by atoms with van der Waals surface area (Å²) < 4.78 is 7.82. The van der Waals surface area contributed by atoms with Crippen LogP contribution in [0.25, 0.3) is 11.0 Å². The van der Waals surface area contributed by atoms with Crippen LogP contribution in [-0.2, 0) is 16.1 Å². The van der Waals surface area contributed by atoms with E-state index >= 15 is 0 Å². The lowest BCUT2D eigenvalue weighted by atomic mass is 10.2. The van der Waals surface area contributed by atoms with Gasteiger partial charge in [0.25, 0.3) is 0 Å². The fraction of sp³-hybridized carbons (Fsp3) is 0.529. The lowest BCUT2D eigenvalue weighted by Crippen LogP contribution is -2.35. The van der Waals surface area contributed by atoms with Crippen LogP contribution in [0, 0.1) is 0 Å². The second-order valence-corrected chi connectivity index (χ2v) is 5.95. The molecule has 2 atom stereocenters. The van der Waals surface area contributed by atoms with Gasteiger partial charge in [-0.25, -0.2) is 4.98 Å². The highest BCUT2D eigenvalue weighted by Crippen LogP contribution is 2.32. The van der Waals surface area contributed by atoms with Crippen molar-refractivity contribution in [3.63, 3.8) is 0 Å². The summed E-state index contributed by atoms with van der Waals surface area (Å²) in [5, 5.41) is 4.08. The summed E-state index contributed by atoms with van der Waals surface area (Å²) in [7, 11) is 0. The van der Waals surface area contributed by atoms with Gasteiger partial charge < -0.3 is 14.6 Å². The lowest BCUT2D eigenvalue weighted by Gasteiger charge is -2.16. The van der Waals surface area contributed by atoms with Crippen LogP contribution < -0.4 is 5.32 Å². The monoisotopic (exact) mass is 301 g/mol. The van der Waals surface area contributed by atoms with Gasteiger partial charge in [-0.3, -0.25) is 4.79 Å². The van der Waals surface area contributed by atoms with Crippen LogP contribution in [0.2, 0.25) is 0 Å². The number of amides is 1. The minimum Gasteiger partial charge on any atom is -0.372 e. The molecule has 2 aromatic rings. The van der Waals surface area contributed by atoms with Gasteiger partial charge in [0.15, 0.2) is 0 Å². The summed E-state index contributed by atoms with van der Waals surface area (Å²) in [6, 6.07) is 6.25. The lowest BCUT2D eigenvalue weighted by molar-refractivity contribution is -0.122. The van der Waals surface area contributed by atoms with Crippen LogP contribution in [0.5, 0.6) is 0 Å². The van der Waals surface area contributed by atoms with Gasteiger partial charge in [-0.2, -0.15) is 0 Å². The van der Waals surface area contributed by atoms with E-state index in [0.29, 0.717) is 6.54 Å². The number of nitrogens with one attached hydrogen (secondary N) is 1. The summed E-state index contributed by atoms with van der Waals surface area (Å²) >= 11 is 0. The summed E-state index contributed by atoms with van der Waals surface area (Å²) in [6.45, 7) is 5.17. The van der Waals surface area contributed by atoms with Crippen LogP contribution >= 0.6 is 0 Å². The van der Waals surface area contributed by atoms with Crippen molar-refractivity contribution in [2.24, 2.45) is 0 Å². The summed E-state index contributed by atoms with van der Waals surface area (Å²) in [5.41, 5.74) is 1.91. The first kappa shape index (κ1) is 15.0. The number of rotatable bonds is 5. The molecule has 1 fully saturated rings. The molecule has 5 heteroatoms. The maximum Gasteiger partial charge on any atom is 0.240 e. The summed E-state index contributed by atoms with van der Waals surface area (Å²) in [4.78, 5) is 16.7. The van der Waals surface area contributed by atoms with E-state index in [1.165, 1.54) is 0 Å². The highest BCUT2D eigenvalue weighted by atomic mass is 16.5. The van der Waals surface area contributed by atoms with E-state index in [1.807, 2.05) is 23.6 Å². The number of fused-ring (bicyclic) bond motifs is 1. The van der Waals surface area contributed by atoms with E-state index in [0.717, 1.165) is 42.6 Å². The fourth-order valence-corrected chi connectivity index (χ4v) is 2.92. The predicted molar refractivity (Wildman–Crippen MR) is 85.6 cm³/mol. The van der Waals surface area contributed by atoms with Crippen molar-refractivity contribution in [2.45, 2.75) is 51.8 Å². The molecule has 1 aliphatic rings. The second kappa shape index (κ2) is 6.48. The summed E-state index contributed by atoms with van der Waals surface area (Å²) in [6.07, 6.45) is 4.84. The number of nitrogens with zero attached hydrogens (tertiary/aromatic N) is 2. The van der Waals surface area contributed by atoms with Gasteiger partial charge in [-0.15, -0.1) is 0 Å². The minimum absolute atomic E-state index is 0.0248. The minimum atomic E-state index is 0.0248. The first-order valence-electron chi connectivity index (χ1n) is 8.04. The van der Waals surface area contributed by atoms with Crippen molar-refractivity contribution in [1.29, 1.82) is 0 Å². The Kier molecular flexibility index (Phi) is 4.43. The Hall–Kier alpha value is -1.88. The van der Waals surface area contributed by atoms with E-state index < -0.39 is 0 Å². The van der Waals surface area contributed by atoms with Crippen molar-refractivity contribution in [3.05, 3.63) is 30.1 Å². The van der Waals surface area contributed by atoms with Gasteiger partial charge >= 0.3 is 0 Å². The van der Waals surface area contributed by atoms with Crippen LogP contribution in [0.4, 0.5) is 0 Å². The van der Waals surface area contributed by atoms with Gasteiger partial charge in [-0.05, 0) is 44.4 Å². The third kappa shape index (κ3) is 2.99. The Morgan fingerprint density at radius 2 is 2.45 bits per heavy atom. The number of carbonyl (C=O) groups excluding carboxylic acids is 1. The molecule has 22 heavy (non-hydrogen) atoms. The van der Waals surface area contributed by atoms with Gasteiger partial charge in [-0.1, -0.05) is 6.92 Å². The van der Waals surface area contributed by atoms with E-state index in [4.69, 9.17) is 4.74 Å². The van der Waals surface area contributed by atoms with Crippen LogP contribution in [0.1, 0.15) is 44.9 Å². The fourth-order valence-electron chi connectivity index (χ4n) is 2.92. The molecule has 0 bridgehead atoms. The smallest absolute Gasteiger partial charge is 0.240 e. The standard InChI is InChI=1S/C17H23N3O2/c1-3-12(2)19-16(21)11-20-14(15-7-5-9-22-15)10-13-6-4-8-18-17(13)20/h4,6,8,10,12,15H,3,5,7,9,11H2,1-2H3,(H,19,21)/t12-,15+/m0/s1. The van der Waals surface area contributed by atoms with Gasteiger partial charge in [0.05, 0.1) is 6.10 Å². The van der Waals surface area contributed by atoms with E-state index in [-0.39, 0.29) is 18.1 Å². The third-order valence-electron chi connectivity index (χ3n) is 4.27. The second-order valence-electron chi connectivity index (χ2n) is 5.95. The molecule has 5 nitrogen and oxygen atoms in total. The molecule has 0 spiro atoms. The molecule has 118 valence electrons. The maximum absolute atomic E-state index is 12.3. The zero-order valence-electron chi connectivity index (χ0n) is 13.2. The largest absolute Gasteiger partial charge is 0.372 e. The van der Waals surface area contributed by atoms with Crippen LogP contribution in [0.3, 0.4) is 0 Å². The zero-order valence-corrected chi connectivity index (χ0v) is 13.2. The number of ether oxygens (including phenoxy) is 1. The zero-order chi connectivity index (χ0) is 15.5. The van der Waals surface area contributed by atoms with Crippen molar-refractivity contribution in [1.82, 2.24) is 14.9 Å². The van der Waals surface area contributed by atoms with Crippen molar-refractivity contribution < 1.29 is 9.53 Å². The Labute approximate surface area is 130 Å². The Bertz CT molecular complexity index is 659. The van der Waals surface area contributed by atoms with Gasteiger partial charge in [0.2, 0.25) is 5.91 Å². The molecule has 0 aromatic carbocycles. The average Bonchev–Trinajstić information content (AvgIpc) is 3.15. The van der Waals surface area contributed by atoms with Crippen molar-refractivity contribution in [3.8, 4) is 0 Å². The highest BCUT2D eigenvalue weighted by Gasteiger charge is 2.24. The van der Waals surface area contributed by atoms with Crippen molar-refractivity contribution in [2.75, 3.05) is 6.61 Å². The molecule has 2 aromatic heterocycles. The molecular formula is C17H23N3O2. The van der Waals surface area contributed by atoms with Crippen molar-refractivity contribution >= 4 is 16.9 Å². The van der Waals surface area contributed by atoms with Gasteiger partial charge in [0, 0.05) is 29.9 Å². The Morgan fingerprint density at radius 3 is 3.18 bits per heavy atom. The Morgan fingerprint density at radius 1 is 1.59 bits per heavy atom. The SMILES string of the molecule is CC[C@H](C)NC(=O)Cn1c([C@H]2CCCO2)cc2cccnc21. The molecule has 0 unspecified atom stereocenters. The highest BCUT2D eigenvalue weighted by molar-refractivity contribution is 5.82. The van der Waals surface area contributed by atoms with E-state index in [9.17, 15) is 4.79 Å². The topological polar surface area (TPSA) is 56.2 Å². The van der Waals surface area contributed by atoms with Gasteiger partial charge in [0.1, 0.15) is 12.2 Å². The number of hydrogen-bond acceptors (Lipinski definition) is 3. The molecule has 0 radical (unpaired) electrons. The number of hydrogen-bond donors (Lipinski definition) is 1. The maximum atomic E-state index is 12.3. The molecule has 1 N–H and O–H groups in total. The molecule has 0 aliphatic carbocycles. The number of carbonyl (C=O) groups is 1. The molecule has 1 amide bonds. The van der Waals surface area contributed by atoms with Crippen LogP contribution in [0.15, 0.2) is 24.4 Å². The summed E-state index contributed by atoms with van der Waals surface area (Å²) in [5.74, 6) is 0.0248. The quantitative estimate of drug-likeness (QED) is 0.924. The molecule has 3 rings (SSSR count). The normalized spacial score (nSPS) is 19.5. The first-order chi connectivity index (χ1) is 10.7. The average molecular weight is 301 g/mol. The number of aromatic nitrogens is 2. The molecule has 3 heterocycles. The molecular weight excluding hydrogens is 278 g/mol. The first-order valence-corrected chi connectivity index (χ1v) is 8.04.